The predicted molar refractivity (Wildman–Crippen MR) is 67.4 cm³/mol. The fourth-order valence-corrected chi connectivity index (χ4v) is 1.35. The van der Waals surface area contributed by atoms with Crippen molar-refractivity contribution in [2.45, 2.75) is 26.7 Å². The largest absolute Gasteiger partial charge is 0.490 e. The van der Waals surface area contributed by atoms with Crippen LogP contribution in [-0.2, 0) is 0 Å². The lowest BCUT2D eigenvalue weighted by Crippen LogP contribution is -2.02. The summed E-state index contributed by atoms with van der Waals surface area (Å²) in [5.74, 6) is 1.33. The molecular weight excluding hydrogens is 226 g/mol. The maximum atomic E-state index is 5.94. The van der Waals surface area contributed by atoms with Crippen molar-refractivity contribution in [3.05, 3.63) is 17.2 Å². The number of halogens is 1. The van der Waals surface area contributed by atoms with E-state index in [2.05, 4.69) is 0 Å². The van der Waals surface area contributed by atoms with Gasteiger partial charge >= 0.3 is 0 Å². The molecule has 0 aliphatic heterocycles. The molecule has 0 aromatic heterocycles. The van der Waals surface area contributed by atoms with Crippen molar-refractivity contribution in [1.29, 1.82) is 0 Å². The zero-order valence-corrected chi connectivity index (χ0v) is 10.5. The molecule has 0 spiro atoms. The smallest absolute Gasteiger partial charge is 0.163 e. The average molecular weight is 244 g/mol. The number of ether oxygens (including phenoxy) is 2. The maximum Gasteiger partial charge on any atom is 0.163 e. The molecule has 16 heavy (non-hydrogen) atoms. The summed E-state index contributed by atoms with van der Waals surface area (Å²) in [6, 6.07) is 3.42. The highest BCUT2D eigenvalue weighted by Gasteiger charge is 2.09. The Balaban J connectivity index is 2.87. The van der Waals surface area contributed by atoms with Crippen LogP contribution in [-0.4, -0.2) is 13.2 Å². The normalized spacial score (nSPS) is 10.2. The topological polar surface area (TPSA) is 44.5 Å². The number of benzene rings is 1. The fraction of sp³-hybridized carbons (Fsp3) is 0.500. The number of hydrogen-bond donors (Lipinski definition) is 1. The number of hydrogen-bond acceptors (Lipinski definition) is 3. The van der Waals surface area contributed by atoms with Crippen molar-refractivity contribution in [3.63, 3.8) is 0 Å². The van der Waals surface area contributed by atoms with Gasteiger partial charge in [0, 0.05) is 12.1 Å². The van der Waals surface area contributed by atoms with E-state index in [0.29, 0.717) is 35.4 Å². The van der Waals surface area contributed by atoms with Crippen molar-refractivity contribution in [1.82, 2.24) is 0 Å². The molecule has 0 aliphatic rings. The molecule has 2 N–H and O–H groups in total. The first-order chi connectivity index (χ1) is 7.69. The highest BCUT2D eigenvalue weighted by Crippen LogP contribution is 2.35. The summed E-state index contributed by atoms with van der Waals surface area (Å²) < 4.78 is 11.1. The molecule has 0 radical (unpaired) electrons. The third-order valence-corrected chi connectivity index (χ3v) is 2.31. The molecule has 4 heteroatoms. The van der Waals surface area contributed by atoms with Crippen LogP contribution in [0.3, 0.4) is 0 Å². The third kappa shape index (κ3) is 3.49. The minimum Gasteiger partial charge on any atom is -0.490 e. The second kappa shape index (κ2) is 6.48. The van der Waals surface area contributed by atoms with E-state index in [1.807, 2.05) is 13.8 Å². The van der Waals surface area contributed by atoms with Gasteiger partial charge in [0.1, 0.15) is 0 Å². The van der Waals surface area contributed by atoms with Crippen LogP contribution in [0.4, 0.5) is 5.69 Å². The zero-order chi connectivity index (χ0) is 12.0. The lowest BCUT2D eigenvalue weighted by Gasteiger charge is -2.13. The summed E-state index contributed by atoms with van der Waals surface area (Å²) in [5.41, 5.74) is 6.23. The molecule has 0 heterocycles. The lowest BCUT2D eigenvalue weighted by molar-refractivity contribution is 0.268. The Bertz CT molecular complexity index is 309. The standard InChI is InChI=1S/C12H18ClNO2/c1-3-5-15-11-7-9(13)10(14)8-12(11)16-6-4-2/h7-8H,3-6,14H2,1-2H3. The van der Waals surface area contributed by atoms with Gasteiger partial charge in [0.05, 0.1) is 23.9 Å². The minimum atomic E-state index is 0.495. The first kappa shape index (κ1) is 13.0. The van der Waals surface area contributed by atoms with Gasteiger partial charge in [-0.05, 0) is 12.8 Å². The molecule has 0 bridgehead atoms. The van der Waals surface area contributed by atoms with E-state index in [1.165, 1.54) is 0 Å². The number of nitrogens with two attached hydrogens (primary N) is 1. The predicted octanol–water partition coefficient (Wildman–Crippen LogP) is 3.50. The molecule has 0 fully saturated rings. The van der Waals surface area contributed by atoms with Crippen LogP contribution in [0, 0.1) is 0 Å². The number of anilines is 1. The van der Waals surface area contributed by atoms with E-state index in [9.17, 15) is 0 Å². The molecule has 1 rings (SSSR count). The number of nitrogen functional groups attached to an aromatic ring is 1. The Kier molecular flexibility index (Phi) is 5.26. The summed E-state index contributed by atoms with van der Waals surface area (Å²) in [6.45, 7) is 5.38. The molecule has 0 atom stereocenters. The molecule has 0 saturated carbocycles. The number of rotatable bonds is 6. The Labute approximate surface area is 101 Å². The Hall–Kier alpha value is -1.09. The molecular formula is C12H18ClNO2. The third-order valence-electron chi connectivity index (χ3n) is 1.99. The zero-order valence-electron chi connectivity index (χ0n) is 9.75. The SMILES string of the molecule is CCCOc1cc(N)c(Cl)cc1OCCC. The van der Waals surface area contributed by atoms with Crippen LogP contribution < -0.4 is 15.2 Å². The highest BCUT2D eigenvalue weighted by molar-refractivity contribution is 6.33. The molecule has 0 aliphatic carbocycles. The van der Waals surface area contributed by atoms with Crippen LogP contribution >= 0.6 is 11.6 Å². The Morgan fingerprint density at radius 2 is 1.56 bits per heavy atom. The summed E-state index contributed by atoms with van der Waals surface area (Å²) in [6.07, 6.45) is 1.88. The van der Waals surface area contributed by atoms with Crippen LogP contribution in [0.15, 0.2) is 12.1 Å². The fourth-order valence-electron chi connectivity index (χ4n) is 1.20. The van der Waals surface area contributed by atoms with E-state index in [-0.39, 0.29) is 0 Å². The van der Waals surface area contributed by atoms with Gasteiger partial charge in [-0.15, -0.1) is 0 Å². The molecule has 90 valence electrons. The molecule has 0 unspecified atom stereocenters. The molecule has 1 aromatic rings. The van der Waals surface area contributed by atoms with Crippen molar-refractivity contribution in [3.8, 4) is 11.5 Å². The molecule has 1 aromatic carbocycles. The average Bonchev–Trinajstić information content (AvgIpc) is 2.28. The minimum absolute atomic E-state index is 0.495. The van der Waals surface area contributed by atoms with Crippen molar-refractivity contribution >= 4 is 17.3 Å². The van der Waals surface area contributed by atoms with Gasteiger partial charge in [-0.3, -0.25) is 0 Å². The first-order valence-electron chi connectivity index (χ1n) is 5.53. The first-order valence-corrected chi connectivity index (χ1v) is 5.91. The summed E-state index contributed by atoms with van der Waals surface area (Å²) in [7, 11) is 0. The van der Waals surface area contributed by atoms with E-state index >= 15 is 0 Å². The van der Waals surface area contributed by atoms with Crippen LogP contribution in [0.5, 0.6) is 11.5 Å². The summed E-state index contributed by atoms with van der Waals surface area (Å²) in [4.78, 5) is 0. The highest BCUT2D eigenvalue weighted by atomic mass is 35.5. The maximum absolute atomic E-state index is 5.94. The summed E-state index contributed by atoms with van der Waals surface area (Å²) in [5, 5.41) is 0.495. The van der Waals surface area contributed by atoms with Gasteiger partial charge in [0.15, 0.2) is 11.5 Å². The van der Waals surface area contributed by atoms with Crippen LogP contribution in [0.2, 0.25) is 5.02 Å². The second-order valence-electron chi connectivity index (χ2n) is 3.52. The van der Waals surface area contributed by atoms with Gasteiger partial charge in [-0.2, -0.15) is 0 Å². The van der Waals surface area contributed by atoms with Gasteiger partial charge in [-0.1, -0.05) is 25.4 Å². The Morgan fingerprint density at radius 1 is 1.06 bits per heavy atom. The lowest BCUT2D eigenvalue weighted by atomic mass is 10.3. The van der Waals surface area contributed by atoms with Gasteiger partial charge in [-0.25, -0.2) is 0 Å². The quantitative estimate of drug-likeness (QED) is 0.778. The van der Waals surface area contributed by atoms with E-state index < -0.39 is 0 Å². The van der Waals surface area contributed by atoms with Crippen molar-refractivity contribution in [2.75, 3.05) is 18.9 Å². The Morgan fingerprint density at radius 3 is 2.06 bits per heavy atom. The van der Waals surface area contributed by atoms with E-state index in [0.717, 1.165) is 12.8 Å². The van der Waals surface area contributed by atoms with Gasteiger partial charge in [0.2, 0.25) is 0 Å². The second-order valence-corrected chi connectivity index (χ2v) is 3.92. The van der Waals surface area contributed by atoms with Crippen LogP contribution in [0.25, 0.3) is 0 Å². The van der Waals surface area contributed by atoms with E-state index in [4.69, 9.17) is 26.8 Å². The van der Waals surface area contributed by atoms with E-state index in [1.54, 1.807) is 12.1 Å². The molecule has 3 nitrogen and oxygen atoms in total. The van der Waals surface area contributed by atoms with Gasteiger partial charge < -0.3 is 15.2 Å². The molecule has 0 amide bonds. The summed E-state index contributed by atoms with van der Waals surface area (Å²) >= 11 is 5.94. The van der Waals surface area contributed by atoms with Gasteiger partial charge in [0.25, 0.3) is 0 Å². The monoisotopic (exact) mass is 243 g/mol. The molecule has 0 saturated heterocycles. The van der Waals surface area contributed by atoms with Crippen molar-refractivity contribution in [2.24, 2.45) is 0 Å². The van der Waals surface area contributed by atoms with Crippen LogP contribution in [0.1, 0.15) is 26.7 Å². The van der Waals surface area contributed by atoms with Crippen molar-refractivity contribution < 1.29 is 9.47 Å².